The third-order valence-electron chi connectivity index (χ3n) is 3.48. The van der Waals surface area contributed by atoms with E-state index in [2.05, 4.69) is 15.0 Å². The molecule has 0 bridgehead atoms. The Labute approximate surface area is 153 Å². The summed E-state index contributed by atoms with van der Waals surface area (Å²) in [5.74, 6) is -0.131. The Hall–Kier alpha value is -3.13. The summed E-state index contributed by atoms with van der Waals surface area (Å²) < 4.78 is 15.6. The second-order valence-corrected chi connectivity index (χ2v) is 6.26. The molecule has 1 amide bonds. The first-order chi connectivity index (χ1) is 12.6. The average Bonchev–Trinajstić information content (AvgIpc) is 3.26. The van der Waals surface area contributed by atoms with Gasteiger partial charge < -0.3 is 13.9 Å². The van der Waals surface area contributed by atoms with Crippen molar-refractivity contribution < 1.29 is 23.5 Å². The van der Waals surface area contributed by atoms with Crippen LogP contribution < -0.4 is 10.1 Å². The molecule has 1 N–H and O–H groups in total. The van der Waals surface area contributed by atoms with Crippen molar-refractivity contribution in [3.05, 3.63) is 64.6 Å². The van der Waals surface area contributed by atoms with Gasteiger partial charge in [-0.25, -0.2) is 9.78 Å². The maximum absolute atomic E-state index is 12.5. The number of anilines is 1. The zero-order chi connectivity index (χ0) is 18.5. The minimum absolute atomic E-state index is 0.133. The number of para-hydroxylation sites is 1. The summed E-state index contributed by atoms with van der Waals surface area (Å²) in [5, 5.41) is 2.93. The van der Waals surface area contributed by atoms with E-state index in [0.717, 1.165) is 11.3 Å². The van der Waals surface area contributed by atoms with E-state index in [0.29, 0.717) is 27.0 Å². The molecule has 26 heavy (non-hydrogen) atoms. The summed E-state index contributed by atoms with van der Waals surface area (Å²) in [6, 6.07) is 10.9. The summed E-state index contributed by atoms with van der Waals surface area (Å²) in [6.07, 6.45) is 1.42. The first kappa shape index (κ1) is 17.7. The van der Waals surface area contributed by atoms with E-state index in [-0.39, 0.29) is 12.4 Å². The summed E-state index contributed by atoms with van der Waals surface area (Å²) >= 11 is 1.04. The number of nitrogens with zero attached hydrogens (tertiary/aromatic N) is 1. The van der Waals surface area contributed by atoms with Crippen molar-refractivity contribution in [2.75, 3.05) is 12.4 Å². The molecular formula is C18H16N2O5S. The van der Waals surface area contributed by atoms with E-state index in [9.17, 15) is 9.59 Å². The second-order valence-electron chi connectivity index (χ2n) is 5.26. The van der Waals surface area contributed by atoms with Crippen molar-refractivity contribution in [3.8, 4) is 5.75 Å². The van der Waals surface area contributed by atoms with Crippen LogP contribution in [-0.2, 0) is 11.3 Å². The summed E-state index contributed by atoms with van der Waals surface area (Å²) in [5.41, 5.74) is 1.09. The second kappa shape index (κ2) is 7.83. The number of amides is 1. The molecule has 2 aromatic heterocycles. The average molecular weight is 372 g/mol. The van der Waals surface area contributed by atoms with E-state index in [1.807, 2.05) is 30.3 Å². The number of furan rings is 1. The van der Waals surface area contributed by atoms with Crippen LogP contribution in [-0.4, -0.2) is 24.0 Å². The molecular weight excluding hydrogens is 356 g/mol. The SMILES string of the molecule is COC(=O)c1sc(NC(=O)c2occc2COc2ccccc2)nc1C. The molecule has 0 saturated heterocycles. The number of esters is 1. The lowest BCUT2D eigenvalue weighted by Crippen LogP contribution is -2.13. The molecule has 7 nitrogen and oxygen atoms in total. The van der Waals surface area contributed by atoms with Gasteiger partial charge in [0.25, 0.3) is 5.91 Å². The molecule has 0 saturated carbocycles. The molecule has 0 fully saturated rings. The van der Waals surface area contributed by atoms with Gasteiger partial charge in [-0.15, -0.1) is 0 Å². The van der Waals surface area contributed by atoms with Crippen molar-refractivity contribution in [2.45, 2.75) is 13.5 Å². The largest absolute Gasteiger partial charge is 0.489 e. The predicted molar refractivity (Wildman–Crippen MR) is 95.6 cm³/mol. The van der Waals surface area contributed by atoms with Gasteiger partial charge in [-0.3, -0.25) is 10.1 Å². The summed E-state index contributed by atoms with van der Waals surface area (Å²) in [4.78, 5) is 28.6. The van der Waals surface area contributed by atoms with Gasteiger partial charge in [-0.2, -0.15) is 0 Å². The molecule has 134 valence electrons. The molecule has 0 aliphatic carbocycles. The van der Waals surface area contributed by atoms with Crippen molar-refractivity contribution in [3.63, 3.8) is 0 Å². The number of carbonyl (C=O) groups excluding carboxylic acids is 2. The fraction of sp³-hybridized carbons (Fsp3) is 0.167. The highest BCUT2D eigenvalue weighted by Crippen LogP contribution is 2.24. The maximum Gasteiger partial charge on any atom is 0.350 e. The first-order valence-electron chi connectivity index (χ1n) is 7.69. The van der Waals surface area contributed by atoms with Gasteiger partial charge in [0.05, 0.1) is 19.1 Å². The van der Waals surface area contributed by atoms with Crippen LogP contribution >= 0.6 is 11.3 Å². The van der Waals surface area contributed by atoms with Gasteiger partial charge in [-0.1, -0.05) is 29.5 Å². The number of carbonyl (C=O) groups is 2. The lowest BCUT2D eigenvalue weighted by molar-refractivity contribution is 0.0605. The Morgan fingerprint density at radius 3 is 2.73 bits per heavy atom. The third kappa shape index (κ3) is 3.92. The Morgan fingerprint density at radius 1 is 1.23 bits per heavy atom. The summed E-state index contributed by atoms with van der Waals surface area (Å²) in [6.45, 7) is 1.86. The molecule has 0 radical (unpaired) electrons. The van der Waals surface area contributed by atoms with Gasteiger partial charge in [0.2, 0.25) is 0 Å². The molecule has 0 unspecified atom stereocenters. The number of aromatic nitrogens is 1. The van der Waals surface area contributed by atoms with E-state index >= 15 is 0 Å². The van der Waals surface area contributed by atoms with E-state index in [1.165, 1.54) is 13.4 Å². The highest BCUT2D eigenvalue weighted by molar-refractivity contribution is 7.17. The molecule has 3 aromatic rings. The molecule has 1 aromatic carbocycles. The van der Waals surface area contributed by atoms with Crippen LogP contribution in [0.25, 0.3) is 0 Å². The number of aryl methyl sites for hydroxylation is 1. The van der Waals surface area contributed by atoms with Crippen LogP contribution in [0.3, 0.4) is 0 Å². The lowest BCUT2D eigenvalue weighted by atomic mass is 10.2. The number of thiazole rings is 1. The Bertz CT molecular complexity index is 917. The third-order valence-corrected chi connectivity index (χ3v) is 4.53. The van der Waals surface area contributed by atoms with Crippen molar-refractivity contribution in [2.24, 2.45) is 0 Å². The molecule has 0 spiro atoms. The number of ether oxygens (including phenoxy) is 2. The Morgan fingerprint density at radius 2 is 2.00 bits per heavy atom. The molecule has 0 atom stereocenters. The lowest BCUT2D eigenvalue weighted by Gasteiger charge is -2.06. The predicted octanol–water partition coefficient (Wildman–Crippen LogP) is 3.66. The highest BCUT2D eigenvalue weighted by Gasteiger charge is 2.20. The van der Waals surface area contributed by atoms with Gasteiger partial charge in [0.15, 0.2) is 10.9 Å². The fourth-order valence-corrected chi connectivity index (χ4v) is 3.09. The normalized spacial score (nSPS) is 10.4. The molecule has 8 heteroatoms. The van der Waals surface area contributed by atoms with Gasteiger partial charge in [0.1, 0.15) is 17.2 Å². The quantitative estimate of drug-likeness (QED) is 0.664. The van der Waals surface area contributed by atoms with Crippen LogP contribution in [0.15, 0.2) is 47.1 Å². The Kier molecular flexibility index (Phi) is 5.33. The van der Waals surface area contributed by atoms with Gasteiger partial charge in [0, 0.05) is 5.56 Å². The maximum atomic E-state index is 12.5. The van der Waals surface area contributed by atoms with Crippen LogP contribution in [0.5, 0.6) is 5.75 Å². The highest BCUT2D eigenvalue weighted by atomic mass is 32.1. The van der Waals surface area contributed by atoms with Crippen molar-refractivity contribution in [1.29, 1.82) is 0 Å². The molecule has 0 aliphatic rings. The van der Waals surface area contributed by atoms with Gasteiger partial charge in [-0.05, 0) is 25.1 Å². The minimum atomic E-state index is -0.490. The molecule has 0 aliphatic heterocycles. The van der Waals surface area contributed by atoms with Crippen LogP contribution in [0.1, 0.15) is 31.5 Å². The monoisotopic (exact) mass is 372 g/mol. The molecule has 3 rings (SSSR count). The fourth-order valence-electron chi connectivity index (χ4n) is 2.21. The summed E-state index contributed by atoms with van der Waals surface area (Å²) in [7, 11) is 1.29. The topological polar surface area (TPSA) is 90.7 Å². The number of hydrogen-bond acceptors (Lipinski definition) is 7. The zero-order valence-electron chi connectivity index (χ0n) is 14.1. The number of hydrogen-bond donors (Lipinski definition) is 1. The first-order valence-corrected chi connectivity index (χ1v) is 8.51. The smallest absolute Gasteiger partial charge is 0.350 e. The van der Waals surface area contributed by atoms with E-state index in [4.69, 9.17) is 9.15 Å². The number of benzene rings is 1. The number of methoxy groups -OCH3 is 1. The Balaban J connectivity index is 1.69. The van der Waals surface area contributed by atoms with Gasteiger partial charge >= 0.3 is 5.97 Å². The molecule has 2 heterocycles. The number of nitrogens with one attached hydrogen (secondary N) is 1. The number of rotatable bonds is 6. The van der Waals surface area contributed by atoms with Crippen molar-refractivity contribution >= 4 is 28.3 Å². The van der Waals surface area contributed by atoms with E-state index in [1.54, 1.807) is 13.0 Å². The van der Waals surface area contributed by atoms with Crippen LogP contribution in [0, 0.1) is 6.92 Å². The standard InChI is InChI=1S/C18H16N2O5S/c1-11-15(17(22)23-2)26-18(19-11)20-16(21)14-12(8-9-24-14)10-25-13-6-4-3-5-7-13/h3-9H,10H2,1-2H3,(H,19,20,21). The van der Waals surface area contributed by atoms with Crippen molar-refractivity contribution in [1.82, 2.24) is 4.98 Å². The minimum Gasteiger partial charge on any atom is -0.489 e. The zero-order valence-corrected chi connectivity index (χ0v) is 15.0. The van der Waals surface area contributed by atoms with Crippen LogP contribution in [0.4, 0.5) is 5.13 Å². The van der Waals surface area contributed by atoms with Crippen LogP contribution in [0.2, 0.25) is 0 Å². The van der Waals surface area contributed by atoms with E-state index < -0.39 is 11.9 Å².